The van der Waals surface area contributed by atoms with Gasteiger partial charge in [0.2, 0.25) is 0 Å². The lowest BCUT2D eigenvalue weighted by atomic mass is 9.80. The minimum absolute atomic E-state index is 0.0203. The van der Waals surface area contributed by atoms with Crippen LogP contribution in [0.15, 0.2) is 0 Å². The molecule has 0 aromatic rings. The Labute approximate surface area is 89.3 Å². The zero-order valence-electron chi connectivity index (χ0n) is 8.94. The van der Waals surface area contributed by atoms with Crippen LogP contribution in [0.2, 0.25) is 0 Å². The fourth-order valence-corrected chi connectivity index (χ4v) is 3.01. The smallest absolute Gasteiger partial charge is 0.309 e. The van der Waals surface area contributed by atoms with Gasteiger partial charge in [-0.25, -0.2) is 0 Å². The molecule has 3 aliphatic heterocycles. The molecule has 0 spiro atoms. The highest BCUT2D eigenvalue weighted by Crippen LogP contribution is 2.41. The number of epoxide rings is 1. The van der Waals surface area contributed by atoms with Crippen LogP contribution in [0.25, 0.3) is 0 Å². The molecule has 4 heteroatoms. The van der Waals surface area contributed by atoms with Crippen molar-refractivity contribution < 1.29 is 14.3 Å². The molecule has 0 saturated carbocycles. The number of carbonyl (C=O) groups is 1. The van der Waals surface area contributed by atoms with Crippen LogP contribution >= 0.6 is 0 Å². The SMILES string of the molecule is CCOC(=O)C1CC2CC3OC3C(C1)N2. The first-order chi connectivity index (χ1) is 7.28. The van der Waals surface area contributed by atoms with E-state index in [2.05, 4.69) is 5.32 Å². The normalized spacial score (nSPS) is 46.9. The maximum Gasteiger partial charge on any atom is 0.309 e. The van der Waals surface area contributed by atoms with Crippen molar-refractivity contribution in [2.75, 3.05) is 6.61 Å². The second kappa shape index (κ2) is 3.46. The number of ether oxygens (including phenoxy) is 2. The van der Waals surface area contributed by atoms with Crippen molar-refractivity contribution in [3.8, 4) is 0 Å². The highest BCUT2D eigenvalue weighted by molar-refractivity contribution is 5.72. The molecule has 0 aliphatic carbocycles. The molecule has 0 aromatic heterocycles. The summed E-state index contributed by atoms with van der Waals surface area (Å²) in [5, 5.41) is 3.54. The topological polar surface area (TPSA) is 50.9 Å². The summed E-state index contributed by atoms with van der Waals surface area (Å²) < 4.78 is 10.7. The predicted octanol–water partition coefficient (Wildman–Crippen LogP) is 0.457. The van der Waals surface area contributed by atoms with E-state index >= 15 is 0 Å². The van der Waals surface area contributed by atoms with Gasteiger partial charge in [-0.3, -0.25) is 4.79 Å². The largest absolute Gasteiger partial charge is 0.466 e. The molecule has 2 bridgehead atoms. The van der Waals surface area contributed by atoms with Gasteiger partial charge in [0.15, 0.2) is 0 Å². The third-order valence-electron chi connectivity index (χ3n) is 3.71. The number of fused-ring (bicyclic) bond motifs is 4. The Morgan fingerprint density at radius 2 is 2.33 bits per heavy atom. The molecule has 3 saturated heterocycles. The third-order valence-corrected chi connectivity index (χ3v) is 3.71. The maximum absolute atomic E-state index is 11.7. The van der Waals surface area contributed by atoms with Crippen molar-refractivity contribution in [1.82, 2.24) is 5.32 Å². The van der Waals surface area contributed by atoms with E-state index in [0.717, 1.165) is 19.3 Å². The van der Waals surface area contributed by atoms with Crippen molar-refractivity contribution in [3.05, 3.63) is 0 Å². The van der Waals surface area contributed by atoms with Crippen LogP contribution in [0.1, 0.15) is 26.2 Å². The Morgan fingerprint density at radius 3 is 3.13 bits per heavy atom. The van der Waals surface area contributed by atoms with Crippen LogP contribution in [-0.4, -0.2) is 36.9 Å². The molecule has 15 heavy (non-hydrogen) atoms. The van der Waals surface area contributed by atoms with Crippen LogP contribution in [0, 0.1) is 5.92 Å². The highest BCUT2D eigenvalue weighted by Gasteiger charge is 2.53. The summed E-state index contributed by atoms with van der Waals surface area (Å²) in [6.45, 7) is 2.35. The summed E-state index contributed by atoms with van der Waals surface area (Å²) in [6, 6.07) is 0.846. The quantitative estimate of drug-likeness (QED) is 0.532. The lowest BCUT2D eigenvalue weighted by Crippen LogP contribution is -2.53. The molecule has 1 N–H and O–H groups in total. The van der Waals surface area contributed by atoms with E-state index in [9.17, 15) is 4.79 Å². The number of carbonyl (C=O) groups excluding carboxylic acids is 1. The molecule has 5 atom stereocenters. The standard InChI is InChI=1S/C11H17NO3/c1-2-14-11(13)6-3-7-5-9-10(15-9)8(4-6)12-7/h6-10,12H,2-5H2,1H3. The number of hydrogen-bond donors (Lipinski definition) is 1. The molecule has 3 heterocycles. The van der Waals surface area contributed by atoms with E-state index in [-0.39, 0.29) is 11.9 Å². The van der Waals surface area contributed by atoms with Crippen molar-refractivity contribution in [2.45, 2.75) is 50.5 Å². The fraction of sp³-hybridized carbons (Fsp3) is 0.909. The van der Waals surface area contributed by atoms with Crippen LogP contribution in [0.5, 0.6) is 0 Å². The van der Waals surface area contributed by atoms with E-state index in [4.69, 9.17) is 9.47 Å². The first-order valence-corrected chi connectivity index (χ1v) is 5.86. The monoisotopic (exact) mass is 211 g/mol. The maximum atomic E-state index is 11.7. The Hall–Kier alpha value is -0.610. The fourth-order valence-electron chi connectivity index (χ4n) is 3.01. The summed E-state index contributed by atoms with van der Waals surface area (Å²) in [5.41, 5.74) is 0. The van der Waals surface area contributed by atoms with Crippen molar-refractivity contribution in [1.29, 1.82) is 0 Å². The van der Waals surface area contributed by atoms with Gasteiger partial charge in [0.25, 0.3) is 0 Å². The van der Waals surface area contributed by atoms with Gasteiger partial charge in [-0.05, 0) is 26.2 Å². The summed E-state index contributed by atoms with van der Waals surface area (Å²) in [5.74, 6) is 0.0689. The molecule has 0 amide bonds. The van der Waals surface area contributed by atoms with Gasteiger partial charge >= 0.3 is 5.97 Å². The van der Waals surface area contributed by atoms with E-state index in [0.29, 0.717) is 30.9 Å². The number of piperidine rings is 2. The number of rotatable bonds is 2. The number of esters is 1. The molecule has 5 unspecified atom stereocenters. The van der Waals surface area contributed by atoms with E-state index < -0.39 is 0 Å². The molecule has 84 valence electrons. The van der Waals surface area contributed by atoms with Gasteiger partial charge in [0.1, 0.15) is 0 Å². The summed E-state index contributed by atoms with van der Waals surface area (Å²) >= 11 is 0. The van der Waals surface area contributed by atoms with Crippen LogP contribution < -0.4 is 5.32 Å². The average Bonchev–Trinajstić information content (AvgIpc) is 2.97. The zero-order valence-corrected chi connectivity index (χ0v) is 8.94. The Bertz CT molecular complexity index is 281. The molecule has 3 aliphatic rings. The van der Waals surface area contributed by atoms with Crippen LogP contribution in [0.3, 0.4) is 0 Å². The number of hydrogen-bond acceptors (Lipinski definition) is 4. The molecule has 4 nitrogen and oxygen atoms in total. The summed E-state index contributed by atoms with van der Waals surface area (Å²) in [7, 11) is 0. The average molecular weight is 211 g/mol. The molecular weight excluding hydrogens is 194 g/mol. The Morgan fingerprint density at radius 1 is 1.47 bits per heavy atom. The second-order valence-corrected chi connectivity index (χ2v) is 4.77. The van der Waals surface area contributed by atoms with Gasteiger partial charge < -0.3 is 14.8 Å². The molecular formula is C11H17NO3. The van der Waals surface area contributed by atoms with Gasteiger partial charge in [-0.2, -0.15) is 0 Å². The van der Waals surface area contributed by atoms with E-state index in [1.807, 2.05) is 6.92 Å². The third kappa shape index (κ3) is 1.66. The van der Waals surface area contributed by atoms with Crippen molar-refractivity contribution >= 4 is 5.97 Å². The van der Waals surface area contributed by atoms with Crippen LogP contribution in [0.4, 0.5) is 0 Å². The Kier molecular flexibility index (Phi) is 2.21. The molecule has 0 radical (unpaired) electrons. The minimum Gasteiger partial charge on any atom is -0.466 e. The first kappa shape index (κ1) is 9.60. The van der Waals surface area contributed by atoms with Gasteiger partial charge in [0.05, 0.1) is 24.7 Å². The highest BCUT2D eigenvalue weighted by atomic mass is 16.6. The lowest BCUT2D eigenvalue weighted by molar-refractivity contribution is -0.150. The lowest BCUT2D eigenvalue weighted by Gasteiger charge is -2.37. The summed E-state index contributed by atoms with van der Waals surface area (Å²) in [6.07, 6.45) is 3.72. The van der Waals surface area contributed by atoms with Crippen LogP contribution in [-0.2, 0) is 14.3 Å². The molecule has 0 aromatic carbocycles. The van der Waals surface area contributed by atoms with E-state index in [1.54, 1.807) is 0 Å². The Balaban J connectivity index is 1.65. The second-order valence-electron chi connectivity index (χ2n) is 4.77. The van der Waals surface area contributed by atoms with Gasteiger partial charge in [-0.15, -0.1) is 0 Å². The van der Waals surface area contributed by atoms with Crippen molar-refractivity contribution in [3.63, 3.8) is 0 Å². The zero-order chi connectivity index (χ0) is 10.4. The van der Waals surface area contributed by atoms with Crippen molar-refractivity contribution in [2.24, 2.45) is 5.92 Å². The molecule has 3 rings (SSSR count). The van der Waals surface area contributed by atoms with E-state index in [1.165, 1.54) is 0 Å². The summed E-state index contributed by atoms with van der Waals surface area (Å²) in [4.78, 5) is 11.7. The first-order valence-electron chi connectivity index (χ1n) is 5.86. The molecule has 3 fully saturated rings. The predicted molar refractivity (Wildman–Crippen MR) is 53.3 cm³/mol. The van der Waals surface area contributed by atoms with Gasteiger partial charge in [0, 0.05) is 12.1 Å². The number of nitrogens with one attached hydrogen (secondary N) is 1. The minimum atomic E-state index is -0.0203. The van der Waals surface area contributed by atoms with Gasteiger partial charge in [-0.1, -0.05) is 0 Å².